The molecular formula is C10H20N2O3. The summed E-state index contributed by atoms with van der Waals surface area (Å²) < 4.78 is 4.47. The largest absolute Gasteiger partial charge is 0.469 e. The van der Waals surface area contributed by atoms with Crippen molar-refractivity contribution < 1.29 is 14.6 Å². The van der Waals surface area contributed by atoms with Crippen LogP contribution in [0.1, 0.15) is 12.8 Å². The van der Waals surface area contributed by atoms with E-state index in [0.29, 0.717) is 12.6 Å². The fourth-order valence-electron chi connectivity index (χ4n) is 1.75. The molecule has 1 saturated heterocycles. The first-order valence-corrected chi connectivity index (χ1v) is 5.28. The summed E-state index contributed by atoms with van der Waals surface area (Å²) in [5.74, 6) is -0.368. The summed E-state index contributed by atoms with van der Waals surface area (Å²) in [4.78, 5) is 13.1. The Kier molecular flexibility index (Phi) is 5.01. The molecule has 2 unspecified atom stereocenters. The zero-order valence-corrected chi connectivity index (χ0v) is 9.40. The van der Waals surface area contributed by atoms with Crippen molar-refractivity contribution >= 4 is 5.97 Å². The number of nitrogens with zero attached hydrogens (tertiary/aromatic N) is 1. The molecule has 88 valence electrons. The van der Waals surface area contributed by atoms with Crippen LogP contribution in [0.4, 0.5) is 0 Å². The minimum atomic E-state index is -0.650. The van der Waals surface area contributed by atoms with Gasteiger partial charge in [-0.1, -0.05) is 0 Å². The van der Waals surface area contributed by atoms with Gasteiger partial charge in [-0.15, -0.1) is 0 Å². The second-order valence-electron chi connectivity index (χ2n) is 4.09. The van der Waals surface area contributed by atoms with Crippen LogP contribution in [0.25, 0.3) is 0 Å². The number of hydrogen-bond donors (Lipinski definition) is 2. The van der Waals surface area contributed by atoms with Gasteiger partial charge in [0.2, 0.25) is 0 Å². The Bertz CT molecular complexity index is 211. The molecule has 5 nitrogen and oxygen atoms in total. The Morgan fingerprint density at radius 3 is 3.00 bits per heavy atom. The number of carbonyl (C=O) groups excluding carboxylic acids is 1. The summed E-state index contributed by atoms with van der Waals surface area (Å²) in [6.45, 7) is 2.54. The predicted molar refractivity (Wildman–Crippen MR) is 56.5 cm³/mol. The van der Waals surface area contributed by atoms with E-state index in [-0.39, 0.29) is 12.4 Å². The van der Waals surface area contributed by atoms with Gasteiger partial charge in [0.25, 0.3) is 0 Å². The topological polar surface area (TPSA) is 61.8 Å². The number of likely N-dealkylation sites (N-methyl/N-ethyl adjacent to an activating group) is 1. The number of methoxy groups -OCH3 is 1. The van der Waals surface area contributed by atoms with Gasteiger partial charge < -0.3 is 20.1 Å². The van der Waals surface area contributed by atoms with Gasteiger partial charge in [0.1, 0.15) is 0 Å². The zero-order chi connectivity index (χ0) is 11.3. The van der Waals surface area contributed by atoms with Crippen LogP contribution in [0.3, 0.4) is 0 Å². The molecule has 0 radical (unpaired) electrons. The maximum Gasteiger partial charge on any atom is 0.308 e. The molecule has 0 aliphatic carbocycles. The predicted octanol–water partition coefficient (Wildman–Crippen LogP) is -0.796. The Morgan fingerprint density at radius 2 is 2.47 bits per heavy atom. The van der Waals surface area contributed by atoms with E-state index >= 15 is 0 Å². The highest BCUT2D eigenvalue weighted by Crippen LogP contribution is 2.06. The van der Waals surface area contributed by atoms with Crippen molar-refractivity contribution in [1.29, 1.82) is 0 Å². The normalized spacial score (nSPS) is 24.1. The lowest BCUT2D eigenvalue weighted by atomic mass is 10.2. The van der Waals surface area contributed by atoms with Gasteiger partial charge in [-0.05, 0) is 20.0 Å². The number of carbonyl (C=O) groups is 1. The smallest absolute Gasteiger partial charge is 0.308 e. The minimum absolute atomic E-state index is 0.0616. The maximum absolute atomic E-state index is 10.9. The number of aliphatic hydroxyl groups excluding tert-OH is 1. The first kappa shape index (κ1) is 12.4. The summed E-state index contributed by atoms with van der Waals surface area (Å²) in [6, 6.07) is 0.433. The number of hydrogen-bond acceptors (Lipinski definition) is 5. The molecule has 0 aromatic heterocycles. The number of likely N-dealkylation sites (tertiary alicyclic amines) is 1. The highest BCUT2D eigenvalue weighted by atomic mass is 16.5. The van der Waals surface area contributed by atoms with Gasteiger partial charge in [-0.3, -0.25) is 4.79 Å². The summed E-state index contributed by atoms with van der Waals surface area (Å²) >= 11 is 0. The molecule has 2 atom stereocenters. The van der Waals surface area contributed by atoms with Crippen LogP contribution >= 0.6 is 0 Å². The minimum Gasteiger partial charge on any atom is -0.469 e. The van der Waals surface area contributed by atoms with E-state index < -0.39 is 6.10 Å². The van der Waals surface area contributed by atoms with Crippen LogP contribution < -0.4 is 5.32 Å². The molecule has 1 aliphatic rings. The third-order valence-electron chi connectivity index (χ3n) is 2.66. The highest BCUT2D eigenvalue weighted by Gasteiger charge is 2.20. The summed E-state index contributed by atoms with van der Waals surface area (Å²) in [5, 5.41) is 12.7. The average Bonchev–Trinajstić information content (AvgIpc) is 2.61. The quantitative estimate of drug-likeness (QED) is 0.589. The molecule has 0 spiro atoms. The van der Waals surface area contributed by atoms with Gasteiger partial charge in [0, 0.05) is 19.1 Å². The molecule has 1 aliphatic heterocycles. The van der Waals surface area contributed by atoms with Crippen LogP contribution in [0.2, 0.25) is 0 Å². The second-order valence-corrected chi connectivity index (χ2v) is 4.09. The highest BCUT2D eigenvalue weighted by molar-refractivity contribution is 5.69. The van der Waals surface area contributed by atoms with Gasteiger partial charge in [0.15, 0.2) is 0 Å². The number of rotatable bonds is 5. The van der Waals surface area contributed by atoms with Crippen LogP contribution in [0.15, 0.2) is 0 Å². The van der Waals surface area contributed by atoms with Crippen LogP contribution in [0.5, 0.6) is 0 Å². The van der Waals surface area contributed by atoms with E-state index in [9.17, 15) is 9.90 Å². The van der Waals surface area contributed by atoms with Crippen molar-refractivity contribution in [2.45, 2.75) is 25.0 Å². The van der Waals surface area contributed by atoms with Crippen LogP contribution in [-0.4, -0.2) is 61.9 Å². The molecule has 0 aromatic carbocycles. The monoisotopic (exact) mass is 216 g/mol. The lowest BCUT2D eigenvalue weighted by Gasteiger charge is -2.15. The first-order valence-electron chi connectivity index (χ1n) is 5.28. The number of nitrogens with one attached hydrogen (secondary N) is 1. The van der Waals surface area contributed by atoms with Gasteiger partial charge in [-0.2, -0.15) is 0 Å². The van der Waals surface area contributed by atoms with Gasteiger partial charge >= 0.3 is 5.97 Å². The second kappa shape index (κ2) is 6.05. The van der Waals surface area contributed by atoms with E-state index in [1.54, 1.807) is 0 Å². The Labute approximate surface area is 90.4 Å². The van der Waals surface area contributed by atoms with Gasteiger partial charge in [-0.25, -0.2) is 0 Å². The Morgan fingerprint density at radius 1 is 1.73 bits per heavy atom. The number of ether oxygens (including phenoxy) is 1. The van der Waals surface area contributed by atoms with E-state index in [1.807, 2.05) is 0 Å². The number of esters is 1. The third kappa shape index (κ3) is 4.59. The first-order chi connectivity index (χ1) is 7.11. The van der Waals surface area contributed by atoms with Crippen molar-refractivity contribution in [3.8, 4) is 0 Å². The Hall–Kier alpha value is -0.650. The maximum atomic E-state index is 10.9. The van der Waals surface area contributed by atoms with E-state index in [1.165, 1.54) is 7.11 Å². The van der Waals surface area contributed by atoms with Crippen molar-refractivity contribution in [2.24, 2.45) is 0 Å². The zero-order valence-electron chi connectivity index (χ0n) is 9.40. The van der Waals surface area contributed by atoms with E-state index in [2.05, 4.69) is 22.0 Å². The molecule has 2 N–H and O–H groups in total. The van der Waals surface area contributed by atoms with Crippen molar-refractivity contribution in [2.75, 3.05) is 33.8 Å². The summed E-state index contributed by atoms with van der Waals surface area (Å²) in [5.41, 5.74) is 0. The van der Waals surface area contributed by atoms with Gasteiger partial charge in [0.05, 0.1) is 19.6 Å². The molecule has 0 saturated carbocycles. The average molecular weight is 216 g/mol. The number of aliphatic hydroxyl groups is 1. The molecule has 0 aromatic rings. The van der Waals surface area contributed by atoms with Crippen molar-refractivity contribution in [3.05, 3.63) is 0 Å². The summed E-state index contributed by atoms with van der Waals surface area (Å²) in [7, 11) is 3.40. The third-order valence-corrected chi connectivity index (χ3v) is 2.66. The molecule has 1 fully saturated rings. The van der Waals surface area contributed by atoms with Crippen LogP contribution in [-0.2, 0) is 9.53 Å². The molecule has 0 amide bonds. The van der Waals surface area contributed by atoms with Crippen molar-refractivity contribution in [3.63, 3.8) is 0 Å². The van der Waals surface area contributed by atoms with E-state index in [0.717, 1.165) is 19.5 Å². The molecule has 15 heavy (non-hydrogen) atoms. The van der Waals surface area contributed by atoms with Crippen molar-refractivity contribution in [1.82, 2.24) is 10.2 Å². The molecule has 1 rings (SSSR count). The SMILES string of the molecule is COC(=O)CC(O)CNC1CCN(C)C1. The summed E-state index contributed by atoms with van der Waals surface area (Å²) in [6.07, 6.45) is 0.511. The molecule has 1 heterocycles. The standard InChI is InChI=1S/C10H20N2O3/c1-12-4-3-8(7-12)11-6-9(13)5-10(14)15-2/h8-9,11,13H,3-7H2,1-2H3. The fraction of sp³-hybridized carbons (Fsp3) is 0.900. The fourth-order valence-corrected chi connectivity index (χ4v) is 1.75. The molecule has 0 bridgehead atoms. The van der Waals surface area contributed by atoms with E-state index in [4.69, 9.17) is 0 Å². The molecular weight excluding hydrogens is 196 g/mol. The lowest BCUT2D eigenvalue weighted by molar-refractivity contribution is -0.142. The molecule has 5 heteroatoms. The lowest BCUT2D eigenvalue weighted by Crippen LogP contribution is -2.37. The Balaban J connectivity index is 2.11. The van der Waals surface area contributed by atoms with Crippen LogP contribution in [0, 0.1) is 0 Å².